The number of rotatable bonds is 8. The fourth-order valence-corrected chi connectivity index (χ4v) is 5.90. The van der Waals surface area contributed by atoms with Gasteiger partial charge in [0, 0.05) is 51.9 Å². The van der Waals surface area contributed by atoms with Gasteiger partial charge in [0.15, 0.2) is 0 Å². The largest absolute Gasteiger partial charge is 0.508 e. The fraction of sp³-hybridized carbons (Fsp3) is 0.0769. The predicted octanol–water partition coefficient (Wildman–Crippen LogP) is 11.9. The SMILES string of the molecule is Oc1ccccc1Cc1ccccc1.Oc1ccccc1Cc1ccccc1.Oc1ccccc1Cc1ccccc1.Oc1ccccc1Cc1ccccc1.[Zr]. The molecule has 4 nitrogen and oxygen atoms in total. The molecule has 0 amide bonds. The van der Waals surface area contributed by atoms with E-state index in [0.717, 1.165) is 47.9 Å². The molecule has 0 spiro atoms. The Morgan fingerprint density at radius 2 is 0.368 bits per heavy atom. The molecular formula is C52H48O4Zr. The summed E-state index contributed by atoms with van der Waals surface area (Å²) in [6.07, 6.45) is 3.14. The molecule has 0 aliphatic heterocycles. The van der Waals surface area contributed by atoms with Crippen LogP contribution in [0.2, 0.25) is 0 Å². The van der Waals surface area contributed by atoms with Crippen LogP contribution in [-0.4, -0.2) is 20.4 Å². The first-order valence-electron chi connectivity index (χ1n) is 18.7. The van der Waals surface area contributed by atoms with E-state index in [-0.39, 0.29) is 26.2 Å². The Morgan fingerprint density at radius 1 is 0.211 bits per heavy atom. The van der Waals surface area contributed by atoms with Gasteiger partial charge in [-0.1, -0.05) is 194 Å². The fourth-order valence-electron chi connectivity index (χ4n) is 5.90. The first-order valence-corrected chi connectivity index (χ1v) is 18.7. The molecule has 0 heterocycles. The molecule has 0 saturated carbocycles. The zero-order valence-electron chi connectivity index (χ0n) is 31.9. The zero-order valence-corrected chi connectivity index (χ0v) is 34.4. The quantitative estimate of drug-likeness (QED) is 0.123. The van der Waals surface area contributed by atoms with E-state index in [9.17, 15) is 20.4 Å². The van der Waals surface area contributed by atoms with Gasteiger partial charge in [-0.15, -0.1) is 0 Å². The third-order valence-corrected chi connectivity index (χ3v) is 8.92. The van der Waals surface area contributed by atoms with Crippen molar-refractivity contribution >= 4 is 0 Å². The topological polar surface area (TPSA) is 80.9 Å². The molecule has 57 heavy (non-hydrogen) atoms. The monoisotopic (exact) mass is 826 g/mol. The standard InChI is InChI=1S/4C13H12O.Zr/c4*14-13-9-5-4-8-12(13)10-11-6-2-1-3-7-11;/h4*1-9,14H,10H2;. The van der Waals surface area contributed by atoms with Crippen LogP contribution in [0.15, 0.2) is 218 Å². The van der Waals surface area contributed by atoms with Crippen molar-refractivity contribution in [2.24, 2.45) is 0 Å². The summed E-state index contributed by atoms with van der Waals surface area (Å²) >= 11 is 0. The summed E-state index contributed by atoms with van der Waals surface area (Å²) in [6, 6.07) is 70.3. The summed E-state index contributed by atoms with van der Waals surface area (Å²) in [6.45, 7) is 0. The van der Waals surface area contributed by atoms with Gasteiger partial charge >= 0.3 is 0 Å². The molecule has 0 aliphatic rings. The van der Waals surface area contributed by atoms with Crippen molar-refractivity contribution in [1.82, 2.24) is 0 Å². The van der Waals surface area contributed by atoms with E-state index in [1.54, 1.807) is 24.3 Å². The molecular weight excluding hydrogens is 780 g/mol. The van der Waals surface area contributed by atoms with Crippen LogP contribution in [-0.2, 0) is 51.9 Å². The molecule has 8 aromatic rings. The van der Waals surface area contributed by atoms with Gasteiger partial charge in [0.05, 0.1) is 0 Å². The molecule has 8 rings (SSSR count). The minimum atomic E-state index is 0. The third-order valence-electron chi connectivity index (χ3n) is 8.92. The van der Waals surface area contributed by atoms with Gasteiger partial charge in [0.1, 0.15) is 23.0 Å². The Bertz CT molecular complexity index is 1970. The van der Waals surface area contributed by atoms with Crippen molar-refractivity contribution < 1.29 is 46.6 Å². The molecule has 0 fully saturated rings. The summed E-state index contributed by atoms with van der Waals surface area (Å²) in [5, 5.41) is 38.3. The molecule has 0 aromatic heterocycles. The van der Waals surface area contributed by atoms with Crippen molar-refractivity contribution in [2.75, 3.05) is 0 Å². The van der Waals surface area contributed by atoms with Gasteiger partial charge in [-0.2, -0.15) is 0 Å². The van der Waals surface area contributed by atoms with E-state index in [4.69, 9.17) is 0 Å². The van der Waals surface area contributed by atoms with Gasteiger partial charge < -0.3 is 20.4 Å². The Morgan fingerprint density at radius 3 is 0.544 bits per heavy atom. The van der Waals surface area contributed by atoms with Crippen molar-refractivity contribution in [2.45, 2.75) is 25.7 Å². The molecule has 0 saturated heterocycles. The third kappa shape index (κ3) is 15.5. The van der Waals surface area contributed by atoms with Crippen LogP contribution in [0, 0.1) is 0 Å². The summed E-state index contributed by atoms with van der Waals surface area (Å²) in [5.74, 6) is 1.49. The normalized spacial score (nSPS) is 9.82. The predicted molar refractivity (Wildman–Crippen MR) is 229 cm³/mol. The molecule has 5 heteroatoms. The number of hydrogen-bond donors (Lipinski definition) is 4. The van der Waals surface area contributed by atoms with Crippen LogP contribution in [0.25, 0.3) is 0 Å². The number of aromatic hydroxyl groups is 4. The van der Waals surface area contributed by atoms with Crippen molar-refractivity contribution in [3.8, 4) is 23.0 Å². The molecule has 0 atom stereocenters. The van der Waals surface area contributed by atoms with Gasteiger partial charge in [-0.05, 0) is 68.8 Å². The average molecular weight is 828 g/mol. The maximum Gasteiger partial charge on any atom is 0.119 e. The van der Waals surface area contributed by atoms with Crippen molar-refractivity contribution in [3.05, 3.63) is 263 Å². The molecule has 0 radical (unpaired) electrons. The summed E-state index contributed by atoms with van der Waals surface area (Å²) in [4.78, 5) is 0. The van der Waals surface area contributed by atoms with Crippen LogP contribution >= 0.6 is 0 Å². The molecule has 0 aliphatic carbocycles. The molecule has 4 N–H and O–H groups in total. The number of hydrogen-bond acceptors (Lipinski definition) is 4. The molecule has 0 unspecified atom stereocenters. The Kier molecular flexibility index (Phi) is 18.6. The summed E-state index contributed by atoms with van der Waals surface area (Å²) < 4.78 is 0. The molecule has 0 bridgehead atoms. The smallest absolute Gasteiger partial charge is 0.119 e. The van der Waals surface area contributed by atoms with Gasteiger partial charge in [0.25, 0.3) is 0 Å². The Labute approximate surface area is 356 Å². The van der Waals surface area contributed by atoms with E-state index >= 15 is 0 Å². The van der Waals surface area contributed by atoms with Crippen LogP contribution < -0.4 is 0 Å². The zero-order chi connectivity index (χ0) is 39.2. The van der Waals surface area contributed by atoms with E-state index in [1.807, 2.05) is 146 Å². The Hall–Kier alpha value is -6.16. The van der Waals surface area contributed by atoms with Crippen LogP contribution in [0.1, 0.15) is 44.5 Å². The van der Waals surface area contributed by atoms with Gasteiger partial charge in [-0.3, -0.25) is 0 Å². The van der Waals surface area contributed by atoms with Crippen LogP contribution in [0.4, 0.5) is 0 Å². The second kappa shape index (κ2) is 24.4. The number of benzene rings is 8. The first kappa shape index (κ1) is 43.6. The molecule has 284 valence electrons. The second-order valence-corrected chi connectivity index (χ2v) is 13.2. The van der Waals surface area contributed by atoms with Gasteiger partial charge in [0.2, 0.25) is 0 Å². The van der Waals surface area contributed by atoms with E-state index < -0.39 is 0 Å². The molecule has 8 aromatic carbocycles. The summed E-state index contributed by atoms with van der Waals surface area (Å²) in [5.41, 5.74) is 8.75. The average Bonchev–Trinajstić information content (AvgIpc) is 3.24. The Balaban J connectivity index is 0.000000167. The maximum atomic E-state index is 9.57. The van der Waals surface area contributed by atoms with Gasteiger partial charge in [-0.25, -0.2) is 0 Å². The van der Waals surface area contributed by atoms with E-state index in [2.05, 4.69) is 48.5 Å². The van der Waals surface area contributed by atoms with Crippen molar-refractivity contribution in [1.29, 1.82) is 0 Å². The minimum Gasteiger partial charge on any atom is -0.508 e. The van der Waals surface area contributed by atoms with Crippen LogP contribution in [0.5, 0.6) is 23.0 Å². The number of para-hydroxylation sites is 4. The number of phenols is 4. The van der Waals surface area contributed by atoms with Crippen LogP contribution in [0.3, 0.4) is 0 Å². The maximum absolute atomic E-state index is 9.57. The summed E-state index contributed by atoms with van der Waals surface area (Å²) in [7, 11) is 0. The van der Waals surface area contributed by atoms with E-state index in [0.29, 0.717) is 23.0 Å². The van der Waals surface area contributed by atoms with Crippen molar-refractivity contribution in [3.63, 3.8) is 0 Å². The minimum absolute atomic E-state index is 0. The van der Waals surface area contributed by atoms with E-state index in [1.165, 1.54) is 22.3 Å². The second-order valence-electron chi connectivity index (χ2n) is 13.2. The first-order chi connectivity index (χ1) is 27.4. The number of phenolic OH excluding ortho intramolecular Hbond substituents is 4.